The van der Waals surface area contributed by atoms with Crippen LogP contribution in [-0.2, 0) is 4.74 Å². The summed E-state index contributed by atoms with van der Waals surface area (Å²) in [6, 6.07) is 16.4. The van der Waals surface area contributed by atoms with Crippen molar-refractivity contribution in [1.29, 1.82) is 0 Å². The smallest absolute Gasteiger partial charge is 0.150 e. The van der Waals surface area contributed by atoms with Crippen LogP contribution in [0.2, 0.25) is 0 Å². The molecule has 1 saturated heterocycles. The van der Waals surface area contributed by atoms with Crippen LogP contribution >= 0.6 is 0 Å². The van der Waals surface area contributed by atoms with Gasteiger partial charge in [0.2, 0.25) is 0 Å². The molecule has 5 nitrogen and oxygen atoms in total. The van der Waals surface area contributed by atoms with E-state index >= 15 is 0 Å². The van der Waals surface area contributed by atoms with Gasteiger partial charge in [-0.3, -0.25) is 4.98 Å². The molecule has 3 aromatic heterocycles. The van der Waals surface area contributed by atoms with Gasteiger partial charge in [0.15, 0.2) is 6.23 Å². The zero-order valence-corrected chi connectivity index (χ0v) is 14.7. The Labute approximate surface area is 151 Å². The van der Waals surface area contributed by atoms with Crippen LogP contribution in [0.15, 0.2) is 48.5 Å². The maximum Gasteiger partial charge on any atom is 0.150 e. The molecule has 0 radical (unpaired) electrons. The standard InChI is InChI=1S/C21H20N4O/c1-14-9-10-17-16(22-14)11-12-18(23-17)21-15-6-2-3-7-19(15)25(24-21)20-8-4-5-13-26-20/h2-3,6-7,9-12,20H,4-5,8,13H2,1H3. The Morgan fingerprint density at radius 2 is 1.81 bits per heavy atom. The minimum Gasteiger partial charge on any atom is -0.356 e. The van der Waals surface area contributed by atoms with Gasteiger partial charge < -0.3 is 4.74 Å². The topological polar surface area (TPSA) is 52.8 Å². The number of rotatable bonds is 2. The van der Waals surface area contributed by atoms with Gasteiger partial charge in [0, 0.05) is 17.7 Å². The summed E-state index contributed by atoms with van der Waals surface area (Å²) in [4.78, 5) is 9.36. The molecule has 1 aliphatic heterocycles. The molecule has 0 aliphatic carbocycles. The lowest BCUT2D eigenvalue weighted by Crippen LogP contribution is -2.19. The lowest BCUT2D eigenvalue weighted by atomic mass is 10.1. The van der Waals surface area contributed by atoms with E-state index in [2.05, 4.69) is 17.1 Å². The Bertz CT molecular complexity index is 1100. The highest BCUT2D eigenvalue weighted by atomic mass is 16.5. The summed E-state index contributed by atoms with van der Waals surface area (Å²) in [7, 11) is 0. The largest absolute Gasteiger partial charge is 0.356 e. The van der Waals surface area contributed by atoms with Crippen molar-refractivity contribution in [1.82, 2.24) is 19.7 Å². The molecule has 1 unspecified atom stereocenters. The monoisotopic (exact) mass is 344 g/mol. The van der Waals surface area contributed by atoms with Crippen molar-refractivity contribution in [2.75, 3.05) is 6.61 Å². The summed E-state index contributed by atoms with van der Waals surface area (Å²) in [5, 5.41) is 6.02. The van der Waals surface area contributed by atoms with Crippen molar-refractivity contribution in [2.45, 2.75) is 32.4 Å². The number of ether oxygens (including phenoxy) is 1. The number of aryl methyl sites for hydroxylation is 1. The van der Waals surface area contributed by atoms with Gasteiger partial charge >= 0.3 is 0 Å². The second-order valence-electron chi connectivity index (χ2n) is 6.82. The first kappa shape index (κ1) is 15.5. The third-order valence-electron chi connectivity index (χ3n) is 4.97. The number of hydrogen-bond donors (Lipinski definition) is 0. The third-order valence-corrected chi connectivity index (χ3v) is 4.97. The van der Waals surface area contributed by atoms with E-state index in [1.165, 1.54) is 6.42 Å². The van der Waals surface area contributed by atoms with Gasteiger partial charge in [-0.05, 0) is 56.5 Å². The molecular formula is C21H20N4O. The maximum absolute atomic E-state index is 5.97. The molecule has 1 atom stereocenters. The number of para-hydroxylation sites is 1. The van der Waals surface area contributed by atoms with Gasteiger partial charge in [-0.1, -0.05) is 18.2 Å². The summed E-state index contributed by atoms with van der Waals surface area (Å²) in [5.74, 6) is 0. The van der Waals surface area contributed by atoms with Crippen LogP contribution in [0.3, 0.4) is 0 Å². The highest BCUT2D eigenvalue weighted by molar-refractivity contribution is 5.93. The van der Waals surface area contributed by atoms with Crippen molar-refractivity contribution in [3.8, 4) is 11.4 Å². The lowest BCUT2D eigenvalue weighted by molar-refractivity contribution is -0.0365. The zero-order valence-electron chi connectivity index (χ0n) is 14.7. The number of aromatic nitrogens is 4. The van der Waals surface area contributed by atoms with E-state index in [9.17, 15) is 0 Å². The van der Waals surface area contributed by atoms with Crippen LogP contribution in [0.25, 0.3) is 33.3 Å². The van der Waals surface area contributed by atoms with Gasteiger partial charge in [0.05, 0.1) is 22.2 Å². The number of benzene rings is 1. The molecule has 0 saturated carbocycles. The summed E-state index contributed by atoms with van der Waals surface area (Å²) >= 11 is 0. The fourth-order valence-corrected chi connectivity index (χ4v) is 3.66. The van der Waals surface area contributed by atoms with Crippen LogP contribution in [-0.4, -0.2) is 26.4 Å². The van der Waals surface area contributed by atoms with Gasteiger partial charge in [0.1, 0.15) is 5.69 Å². The molecule has 0 bridgehead atoms. The van der Waals surface area contributed by atoms with Gasteiger partial charge in [-0.25, -0.2) is 9.67 Å². The van der Waals surface area contributed by atoms with Gasteiger partial charge in [-0.15, -0.1) is 0 Å². The van der Waals surface area contributed by atoms with Crippen LogP contribution < -0.4 is 0 Å². The third kappa shape index (κ3) is 2.56. The maximum atomic E-state index is 5.97. The molecular weight excluding hydrogens is 324 g/mol. The second-order valence-corrected chi connectivity index (χ2v) is 6.82. The Kier molecular flexibility index (Phi) is 3.68. The van der Waals surface area contributed by atoms with E-state index in [1.54, 1.807) is 0 Å². The van der Waals surface area contributed by atoms with Crippen molar-refractivity contribution in [3.05, 3.63) is 54.2 Å². The highest BCUT2D eigenvalue weighted by Crippen LogP contribution is 2.32. The van der Waals surface area contributed by atoms with E-state index < -0.39 is 0 Å². The van der Waals surface area contributed by atoms with Crippen molar-refractivity contribution < 1.29 is 4.74 Å². The second kappa shape index (κ2) is 6.18. The molecule has 130 valence electrons. The molecule has 1 aromatic carbocycles. The summed E-state index contributed by atoms with van der Waals surface area (Å²) in [6.07, 6.45) is 3.31. The molecule has 5 rings (SSSR count). The minimum absolute atomic E-state index is 0.00664. The van der Waals surface area contributed by atoms with Crippen molar-refractivity contribution >= 4 is 21.9 Å². The summed E-state index contributed by atoms with van der Waals surface area (Å²) < 4.78 is 8.01. The van der Waals surface area contributed by atoms with Gasteiger partial charge in [-0.2, -0.15) is 5.10 Å². The quantitative estimate of drug-likeness (QED) is 0.531. The fourth-order valence-electron chi connectivity index (χ4n) is 3.66. The molecule has 0 spiro atoms. The minimum atomic E-state index is 0.00664. The predicted octanol–water partition coefficient (Wildman–Crippen LogP) is 4.65. The first-order valence-corrected chi connectivity index (χ1v) is 9.13. The number of nitrogens with zero attached hydrogens (tertiary/aromatic N) is 4. The highest BCUT2D eigenvalue weighted by Gasteiger charge is 2.21. The fraction of sp³-hybridized carbons (Fsp3) is 0.286. The summed E-state index contributed by atoms with van der Waals surface area (Å²) in [5.41, 5.74) is 5.66. The average molecular weight is 344 g/mol. The Hall–Kier alpha value is -2.79. The van der Waals surface area contributed by atoms with E-state index in [0.717, 1.165) is 58.5 Å². The normalized spacial score (nSPS) is 17.8. The van der Waals surface area contributed by atoms with Crippen molar-refractivity contribution in [3.63, 3.8) is 0 Å². The molecule has 1 aliphatic rings. The summed E-state index contributed by atoms with van der Waals surface area (Å²) in [6.45, 7) is 2.79. The van der Waals surface area contributed by atoms with E-state index in [1.807, 2.05) is 48.0 Å². The van der Waals surface area contributed by atoms with E-state index in [-0.39, 0.29) is 6.23 Å². The Morgan fingerprint density at radius 1 is 0.962 bits per heavy atom. The first-order chi connectivity index (χ1) is 12.8. The Morgan fingerprint density at radius 3 is 2.69 bits per heavy atom. The van der Waals surface area contributed by atoms with E-state index in [4.69, 9.17) is 14.8 Å². The van der Waals surface area contributed by atoms with Crippen LogP contribution in [0.5, 0.6) is 0 Å². The number of pyridine rings is 2. The van der Waals surface area contributed by atoms with Crippen molar-refractivity contribution in [2.24, 2.45) is 0 Å². The molecule has 4 aromatic rings. The molecule has 4 heterocycles. The zero-order chi connectivity index (χ0) is 17.5. The van der Waals surface area contributed by atoms with E-state index in [0.29, 0.717) is 0 Å². The molecule has 0 N–H and O–H groups in total. The van der Waals surface area contributed by atoms with Gasteiger partial charge in [0.25, 0.3) is 0 Å². The molecule has 0 amide bonds. The molecule has 26 heavy (non-hydrogen) atoms. The van der Waals surface area contributed by atoms with Crippen LogP contribution in [0.1, 0.15) is 31.2 Å². The van der Waals surface area contributed by atoms with Crippen LogP contribution in [0.4, 0.5) is 0 Å². The first-order valence-electron chi connectivity index (χ1n) is 9.13. The number of fused-ring (bicyclic) bond motifs is 2. The number of hydrogen-bond acceptors (Lipinski definition) is 4. The lowest BCUT2D eigenvalue weighted by Gasteiger charge is -2.23. The van der Waals surface area contributed by atoms with Crippen LogP contribution in [0, 0.1) is 6.92 Å². The molecule has 5 heteroatoms. The SMILES string of the molecule is Cc1ccc2nc(-c3nn(C4CCCCO4)c4ccccc34)ccc2n1. The average Bonchev–Trinajstić information content (AvgIpc) is 3.08. The Balaban J connectivity index is 1.68. The molecule has 1 fully saturated rings. The predicted molar refractivity (Wildman–Crippen MR) is 102 cm³/mol.